The summed E-state index contributed by atoms with van der Waals surface area (Å²) in [5, 5.41) is 21.5. The molecule has 1 N–H and O–H groups in total. The maximum atomic E-state index is 11.6. The van der Waals surface area contributed by atoms with E-state index in [1.807, 2.05) is 6.07 Å². The number of nitriles is 1. The third kappa shape index (κ3) is 3.16. The predicted molar refractivity (Wildman–Crippen MR) is 60.6 cm³/mol. The van der Waals surface area contributed by atoms with Crippen molar-refractivity contribution in [3.8, 4) is 6.07 Å². The molecule has 1 rings (SSSR count). The number of nitro groups is 1. The van der Waals surface area contributed by atoms with E-state index in [4.69, 9.17) is 16.9 Å². The summed E-state index contributed by atoms with van der Waals surface area (Å²) in [6.45, 7) is 1.49. The molecule has 1 unspecified atom stereocenters. The van der Waals surface area contributed by atoms with Gasteiger partial charge in [0.1, 0.15) is 6.04 Å². The van der Waals surface area contributed by atoms with E-state index in [0.29, 0.717) is 0 Å². The van der Waals surface area contributed by atoms with Crippen molar-refractivity contribution in [1.29, 1.82) is 5.26 Å². The molecule has 88 valence electrons. The molecule has 0 aromatic heterocycles. The van der Waals surface area contributed by atoms with Crippen molar-refractivity contribution in [2.24, 2.45) is 0 Å². The molecule has 0 fully saturated rings. The van der Waals surface area contributed by atoms with Crippen LogP contribution >= 0.6 is 11.6 Å². The number of rotatable bonds is 3. The lowest BCUT2D eigenvalue weighted by Crippen LogP contribution is -2.31. The molecule has 0 aliphatic rings. The lowest BCUT2D eigenvalue weighted by molar-refractivity contribution is -0.384. The van der Waals surface area contributed by atoms with Gasteiger partial charge in [-0.25, -0.2) is 0 Å². The molecule has 0 heterocycles. The molecule has 17 heavy (non-hydrogen) atoms. The van der Waals surface area contributed by atoms with Crippen molar-refractivity contribution >= 4 is 23.2 Å². The van der Waals surface area contributed by atoms with Gasteiger partial charge in [0.05, 0.1) is 21.6 Å². The summed E-state index contributed by atoms with van der Waals surface area (Å²) in [6, 6.07) is 4.66. The molecular weight excluding hydrogens is 246 g/mol. The van der Waals surface area contributed by atoms with Crippen LogP contribution in [0.15, 0.2) is 18.2 Å². The first-order valence-electron chi connectivity index (χ1n) is 4.60. The molecule has 0 radical (unpaired) electrons. The van der Waals surface area contributed by atoms with Crippen molar-refractivity contribution in [3.05, 3.63) is 38.9 Å². The van der Waals surface area contributed by atoms with Crippen LogP contribution in [0, 0.1) is 21.4 Å². The lowest BCUT2D eigenvalue weighted by atomic mass is 10.2. The van der Waals surface area contributed by atoms with Gasteiger partial charge >= 0.3 is 0 Å². The van der Waals surface area contributed by atoms with Gasteiger partial charge in [-0.1, -0.05) is 11.6 Å². The van der Waals surface area contributed by atoms with Crippen LogP contribution in [-0.2, 0) is 0 Å². The van der Waals surface area contributed by atoms with E-state index in [1.165, 1.54) is 19.1 Å². The zero-order valence-electron chi connectivity index (χ0n) is 8.81. The van der Waals surface area contributed by atoms with Gasteiger partial charge in [-0.2, -0.15) is 5.26 Å². The highest BCUT2D eigenvalue weighted by Crippen LogP contribution is 2.21. The first-order chi connectivity index (χ1) is 7.95. The minimum absolute atomic E-state index is 0.0250. The van der Waals surface area contributed by atoms with E-state index in [2.05, 4.69) is 5.32 Å². The summed E-state index contributed by atoms with van der Waals surface area (Å²) in [5.41, 5.74) is -0.257. The second-order valence-electron chi connectivity index (χ2n) is 3.25. The van der Waals surface area contributed by atoms with Crippen LogP contribution in [0.4, 0.5) is 5.69 Å². The Morgan fingerprint density at radius 3 is 2.82 bits per heavy atom. The van der Waals surface area contributed by atoms with E-state index in [-0.39, 0.29) is 16.3 Å². The molecule has 0 bridgehead atoms. The number of nitrogens with zero attached hydrogens (tertiary/aromatic N) is 2. The van der Waals surface area contributed by atoms with Crippen LogP contribution in [0.1, 0.15) is 17.3 Å². The smallest absolute Gasteiger partial charge is 0.270 e. The number of halogens is 1. The van der Waals surface area contributed by atoms with Crippen molar-refractivity contribution in [1.82, 2.24) is 5.32 Å². The Labute approximate surface area is 102 Å². The lowest BCUT2D eigenvalue weighted by Gasteiger charge is -2.07. The first kappa shape index (κ1) is 12.9. The van der Waals surface area contributed by atoms with Crippen LogP contribution in [0.3, 0.4) is 0 Å². The maximum absolute atomic E-state index is 11.6. The highest BCUT2D eigenvalue weighted by molar-refractivity contribution is 6.33. The van der Waals surface area contributed by atoms with Gasteiger partial charge in [0.15, 0.2) is 0 Å². The number of hydrogen-bond acceptors (Lipinski definition) is 4. The summed E-state index contributed by atoms with van der Waals surface area (Å²) in [7, 11) is 0. The Morgan fingerprint density at radius 1 is 1.65 bits per heavy atom. The topological polar surface area (TPSA) is 96.0 Å². The van der Waals surface area contributed by atoms with Crippen LogP contribution < -0.4 is 5.32 Å². The Bertz CT molecular complexity index is 510. The van der Waals surface area contributed by atoms with Crippen LogP contribution in [0.2, 0.25) is 5.02 Å². The number of amides is 1. The number of non-ortho nitro benzene ring substituents is 1. The molecule has 1 aromatic carbocycles. The Morgan fingerprint density at radius 2 is 2.29 bits per heavy atom. The van der Waals surface area contributed by atoms with E-state index in [1.54, 1.807) is 0 Å². The summed E-state index contributed by atoms with van der Waals surface area (Å²) in [4.78, 5) is 21.6. The Kier molecular flexibility index (Phi) is 4.01. The molecule has 0 aliphatic carbocycles. The molecule has 0 saturated heterocycles. The highest BCUT2D eigenvalue weighted by atomic mass is 35.5. The first-order valence-corrected chi connectivity index (χ1v) is 4.98. The van der Waals surface area contributed by atoms with Gasteiger partial charge in [-0.15, -0.1) is 0 Å². The van der Waals surface area contributed by atoms with E-state index in [9.17, 15) is 14.9 Å². The minimum Gasteiger partial charge on any atom is -0.336 e. The molecule has 0 spiro atoms. The summed E-state index contributed by atoms with van der Waals surface area (Å²) >= 11 is 5.76. The number of carbonyl (C=O) groups is 1. The Hall–Kier alpha value is -2.13. The zero-order chi connectivity index (χ0) is 13.0. The standard InChI is InChI=1S/C10H8ClN3O3/c1-6(5-12)13-10(15)8-4-7(14(16)17)2-3-9(8)11/h2-4,6H,1H3,(H,13,15). The van der Waals surface area contributed by atoms with E-state index >= 15 is 0 Å². The van der Waals surface area contributed by atoms with Crippen molar-refractivity contribution in [3.63, 3.8) is 0 Å². The van der Waals surface area contributed by atoms with Gasteiger partial charge in [-0.3, -0.25) is 14.9 Å². The number of nitrogens with one attached hydrogen (secondary N) is 1. The molecule has 1 aromatic rings. The second kappa shape index (κ2) is 5.27. The minimum atomic E-state index is -0.696. The van der Waals surface area contributed by atoms with Crippen molar-refractivity contribution < 1.29 is 9.72 Å². The van der Waals surface area contributed by atoms with Crippen molar-refractivity contribution in [2.45, 2.75) is 13.0 Å². The zero-order valence-corrected chi connectivity index (χ0v) is 9.56. The number of carbonyl (C=O) groups excluding carboxylic acids is 1. The average Bonchev–Trinajstić information content (AvgIpc) is 2.28. The van der Waals surface area contributed by atoms with Crippen LogP contribution in [-0.4, -0.2) is 16.9 Å². The summed E-state index contributed by atoms with van der Waals surface area (Å²) in [5.74, 6) is -0.618. The second-order valence-corrected chi connectivity index (χ2v) is 3.65. The molecule has 7 heteroatoms. The quantitative estimate of drug-likeness (QED) is 0.657. The Balaban J connectivity index is 3.05. The monoisotopic (exact) mass is 253 g/mol. The van der Waals surface area contributed by atoms with Crippen molar-refractivity contribution in [2.75, 3.05) is 0 Å². The molecule has 6 nitrogen and oxygen atoms in total. The third-order valence-corrected chi connectivity index (χ3v) is 2.28. The number of hydrogen-bond donors (Lipinski definition) is 1. The normalized spacial score (nSPS) is 11.4. The third-order valence-electron chi connectivity index (χ3n) is 1.95. The maximum Gasteiger partial charge on any atom is 0.270 e. The summed E-state index contributed by atoms with van der Waals surface area (Å²) in [6.07, 6.45) is 0. The molecule has 1 atom stereocenters. The van der Waals surface area contributed by atoms with Gasteiger partial charge in [-0.05, 0) is 13.0 Å². The molecule has 0 aliphatic heterocycles. The fourth-order valence-electron chi connectivity index (χ4n) is 1.11. The van der Waals surface area contributed by atoms with Gasteiger partial charge in [0.25, 0.3) is 11.6 Å². The highest BCUT2D eigenvalue weighted by Gasteiger charge is 2.16. The van der Waals surface area contributed by atoms with E-state index < -0.39 is 16.9 Å². The summed E-state index contributed by atoms with van der Waals surface area (Å²) < 4.78 is 0. The molecule has 0 saturated carbocycles. The number of nitro benzene ring substituents is 1. The predicted octanol–water partition coefficient (Wildman–Crippen LogP) is 1.89. The average molecular weight is 254 g/mol. The SMILES string of the molecule is CC(C#N)NC(=O)c1cc([N+](=O)[O-])ccc1Cl. The molecular formula is C10H8ClN3O3. The van der Waals surface area contributed by atoms with Crippen LogP contribution in [0.25, 0.3) is 0 Å². The van der Waals surface area contributed by atoms with E-state index in [0.717, 1.165) is 6.07 Å². The fraction of sp³-hybridized carbons (Fsp3) is 0.200. The largest absolute Gasteiger partial charge is 0.336 e. The number of benzene rings is 1. The molecule has 1 amide bonds. The van der Waals surface area contributed by atoms with Gasteiger partial charge in [0.2, 0.25) is 0 Å². The van der Waals surface area contributed by atoms with Gasteiger partial charge < -0.3 is 5.32 Å². The van der Waals surface area contributed by atoms with Gasteiger partial charge in [0, 0.05) is 12.1 Å². The van der Waals surface area contributed by atoms with Crippen LogP contribution in [0.5, 0.6) is 0 Å². The fourth-order valence-corrected chi connectivity index (χ4v) is 1.31.